The van der Waals surface area contributed by atoms with Crippen molar-refractivity contribution in [3.05, 3.63) is 35.9 Å². The smallest absolute Gasteiger partial charge is 0.317 e. The van der Waals surface area contributed by atoms with E-state index in [2.05, 4.69) is 5.32 Å². The lowest BCUT2D eigenvalue weighted by atomic mass is 10.0. The summed E-state index contributed by atoms with van der Waals surface area (Å²) in [6.45, 7) is 0. The fourth-order valence-electron chi connectivity index (χ4n) is 1.73. The molecule has 0 aromatic heterocycles. The van der Waals surface area contributed by atoms with Crippen LogP contribution in [0.3, 0.4) is 0 Å². The largest absolute Gasteiger partial charge is 0.481 e. The molecule has 0 aliphatic carbocycles. The lowest BCUT2D eigenvalue weighted by Gasteiger charge is -2.21. The Bertz CT molecular complexity index is 418. The highest BCUT2D eigenvalue weighted by molar-refractivity contribution is 5.74. The van der Waals surface area contributed by atoms with Gasteiger partial charge in [0.1, 0.15) is 0 Å². The molecule has 104 valence electrons. The predicted octanol–water partition coefficient (Wildman–Crippen LogP) is 1.73. The normalized spacial score (nSPS) is 11.7. The lowest BCUT2D eigenvalue weighted by molar-refractivity contribution is -0.137. The second kappa shape index (κ2) is 7.41. The third kappa shape index (κ3) is 5.90. The maximum Gasteiger partial charge on any atom is 0.317 e. The van der Waals surface area contributed by atoms with Crippen LogP contribution in [-0.4, -0.2) is 42.1 Å². The van der Waals surface area contributed by atoms with Gasteiger partial charge in [-0.2, -0.15) is 0 Å². The molecule has 1 rings (SSSR count). The van der Waals surface area contributed by atoms with E-state index in [4.69, 9.17) is 5.11 Å². The van der Waals surface area contributed by atoms with Gasteiger partial charge in [0.25, 0.3) is 0 Å². The summed E-state index contributed by atoms with van der Waals surface area (Å²) in [5.74, 6) is -0.850. The molecule has 1 unspecified atom stereocenters. The van der Waals surface area contributed by atoms with Crippen molar-refractivity contribution in [3.8, 4) is 0 Å². The maximum atomic E-state index is 11.7. The second-order valence-electron chi connectivity index (χ2n) is 4.66. The Balaban J connectivity index is 2.63. The molecule has 2 amide bonds. The van der Waals surface area contributed by atoms with Gasteiger partial charge in [0, 0.05) is 26.6 Å². The fraction of sp³-hybridized carbons (Fsp3) is 0.429. The molecule has 2 N–H and O–H groups in total. The average Bonchev–Trinajstić information content (AvgIpc) is 2.37. The quantitative estimate of drug-likeness (QED) is 0.822. The first kappa shape index (κ1) is 15.0. The molecule has 1 atom stereocenters. The number of hydrogen-bond donors (Lipinski definition) is 2. The molecule has 0 bridgehead atoms. The number of nitrogens with zero attached hydrogens (tertiary/aromatic N) is 1. The van der Waals surface area contributed by atoms with Crippen LogP contribution in [-0.2, 0) is 11.2 Å². The number of benzene rings is 1. The zero-order valence-electron chi connectivity index (χ0n) is 11.3. The Hall–Kier alpha value is -2.04. The van der Waals surface area contributed by atoms with Crippen molar-refractivity contribution >= 4 is 12.0 Å². The molecule has 0 aliphatic rings. The minimum Gasteiger partial charge on any atom is -0.481 e. The molecule has 0 spiro atoms. The molecule has 0 radical (unpaired) electrons. The number of nitrogens with one attached hydrogen (secondary N) is 1. The first-order valence-corrected chi connectivity index (χ1v) is 6.22. The van der Waals surface area contributed by atoms with E-state index in [1.54, 1.807) is 14.1 Å². The number of urea groups is 1. The van der Waals surface area contributed by atoms with Gasteiger partial charge in [0.15, 0.2) is 0 Å². The Morgan fingerprint density at radius 3 is 2.42 bits per heavy atom. The third-order valence-electron chi connectivity index (χ3n) is 2.77. The van der Waals surface area contributed by atoms with Gasteiger partial charge in [0.2, 0.25) is 0 Å². The SMILES string of the molecule is CN(C)C(=O)NC(CCC(=O)O)Cc1ccccc1. The van der Waals surface area contributed by atoms with Gasteiger partial charge < -0.3 is 15.3 Å². The molecule has 19 heavy (non-hydrogen) atoms. The Kier molecular flexibility index (Phi) is 5.85. The van der Waals surface area contributed by atoms with E-state index < -0.39 is 5.97 Å². The van der Waals surface area contributed by atoms with Crippen LogP contribution in [0.2, 0.25) is 0 Å². The van der Waals surface area contributed by atoms with Gasteiger partial charge in [-0.05, 0) is 18.4 Å². The van der Waals surface area contributed by atoms with Crippen LogP contribution < -0.4 is 5.32 Å². The fourth-order valence-corrected chi connectivity index (χ4v) is 1.73. The van der Waals surface area contributed by atoms with Crippen molar-refractivity contribution in [1.82, 2.24) is 10.2 Å². The minimum absolute atomic E-state index is 0.0468. The van der Waals surface area contributed by atoms with Crippen molar-refractivity contribution in [3.63, 3.8) is 0 Å². The summed E-state index contributed by atoms with van der Waals surface area (Å²) in [7, 11) is 3.32. The van der Waals surface area contributed by atoms with E-state index in [9.17, 15) is 9.59 Å². The summed E-state index contributed by atoms with van der Waals surface area (Å²) in [6, 6.07) is 9.34. The van der Waals surface area contributed by atoms with Crippen LogP contribution in [0.1, 0.15) is 18.4 Å². The molecule has 0 saturated carbocycles. The summed E-state index contributed by atoms with van der Waals surface area (Å²) in [4.78, 5) is 23.8. The van der Waals surface area contributed by atoms with E-state index >= 15 is 0 Å². The summed E-state index contributed by atoms with van der Waals surface area (Å²) < 4.78 is 0. The lowest BCUT2D eigenvalue weighted by Crippen LogP contribution is -2.42. The Morgan fingerprint density at radius 2 is 1.89 bits per heavy atom. The van der Waals surface area contributed by atoms with Crippen molar-refractivity contribution in [2.24, 2.45) is 0 Å². The van der Waals surface area contributed by atoms with E-state index in [1.165, 1.54) is 4.90 Å². The highest BCUT2D eigenvalue weighted by Crippen LogP contribution is 2.08. The topological polar surface area (TPSA) is 69.6 Å². The van der Waals surface area contributed by atoms with Crippen LogP contribution >= 0.6 is 0 Å². The van der Waals surface area contributed by atoms with E-state index in [1.807, 2.05) is 30.3 Å². The molecule has 1 aromatic carbocycles. The van der Waals surface area contributed by atoms with Crippen molar-refractivity contribution in [2.45, 2.75) is 25.3 Å². The number of amides is 2. The Labute approximate surface area is 113 Å². The van der Waals surface area contributed by atoms with E-state index in [0.717, 1.165) is 5.56 Å². The predicted molar refractivity (Wildman–Crippen MR) is 73.0 cm³/mol. The molecule has 5 nitrogen and oxygen atoms in total. The van der Waals surface area contributed by atoms with Crippen molar-refractivity contribution < 1.29 is 14.7 Å². The molecular weight excluding hydrogens is 244 g/mol. The summed E-state index contributed by atoms with van der Waals surface area (Å²) in [5, 5.41) is 11.6. The van der Waals surface area contributed by atoms with Crippen molar-refractivity contribution in [1.29, 1.82) is 0 Å². The second-order valence-corrected chi connectivity index (χ2v) is 4.66. The van der Waals surface area contributed by atoms with Crippen molar-refractivity contribution in [2.75, 3.05) is 14.1 Å². The number of rotatable bonds is 6. The van der Waals surface area contributed by atoms with Gasteiger partial charge in [0.05, 0.1) is 0 Å². The maximum absolute atomic E-state index is 11.7. The zero-order valence-corrected chi connectivity index (χ0v) is 11.3. The van der Waals surface area contributed by atoms with Crippen LogP contribution in [0.25, 0.3) is 0 Å². The number of carbonyl (C=O) groups excluding carboxylic acids is 1. The van der Waals surface area contributed by atoms with Crippen LogP contribution in [0.15, 0.2) is 30.3 Å². The van der Waals surface area contributed by atoms with Gasteiger partial charge in [-0.15, -0.1) is 0 Å². The van der Waals surface area contributed by atoms with Crippen LogP contribution in [0, 0.1) is 0 Å². The molecule has 0 heterocycles. The first-order valence-electron chi connectivity index (χ1n) is 6.22. The number of carboxylic acids is 1. The Morgan fingerprint density at radius 1 is 1.26 bits per heavy atom. The summed E-state index contributed by atoms with van der Waals surface area (Å²) in [5.41, 5.74) is 1.08. The van der Waals surface area contributed by atoms with Gasteiger partial charge in [-0.3, -0.25) is 4.79 Å². The average molecular weight is 264 g/mol. The molecular formula is C14H20N2O3. The molecule has 5 heteroatoms. The first-order chi connectivity index (χ1) is 8.99. The van der Waals surface area contributed by atoms with Gasteiger partial charge in [-0.25, -0.2) is 4.79 Å². The summed E-state index contributed by atoms with van der Waals surface area (Å²) in [6.07, 6.45) is 1.10. The number of hydrogen-bond acceptors (Lipinski definition) is 2. The minimum atomic E-state index is -0.850. The standard InChI is InChI=1S/C14H20N2O3/c1-16(2)14(19)15-12(8-9-13(17)18)10-11-6-4-3-5-7-11/h3-7,12H,8-10H2,1-2H3,(H,15,19)(H,17,18). The van der Waals surface area contributed by atoms with Crippen LogP contribution in [0.5, 0.6) is 0 Å². The number of aliphatic carboxylic acids is 1. The summed E-state index contributed by atoms with van der Waals surface area (Å²) >= 11 is 0. The molecule has 0 fully saturated rings. The zero-order chi connectivity index (χ0) is 14.3. The van der Waals surface area contributed by atoms with Crippen LogP contribution in [0.4, 0.5) is 4.79 Å². The highest BCUT2D eigenvalue weighted by Gasteiger charge is 2.15. The molecule has 0 saturated heterocycles. The van der Waals surface area contributed by atoms with E-state index in [0.29, 0.717) is 12.8 Å². The molecule has 0 aliphatic heterocycles. The number of carbonyl (C=O) groups is 2. The van der Waals surface area contributed by atoms with Gasteiger partial charge in [-0.1, -0.05) is 30.3 Å². The van der Waals surface area contributed by atoms with E-state index in [-0.39, 0.29) is 18.5 Å². The number of carboxylic acid groups (broad SMARTS) is 1. The van der Waals surface area contributed by atoms with Gasteiger partial charge >= 0.3 is 12.0 Å². The third-order valence-corrected chi connectivity index (χ3v) is 2.77. The molecule has 1 aromatic rings. The monoisotopic (exact) mass is 264 g/mol. The highest BCUT2D eigenvalue weighted by atomic mass is 16.4.